The second kappa shape index (κ2) is 9.98. The summed E-state index contributed by atoms with van der Waals surface area (Å²) in [6.07, 6.45) is -0.573. The molecule has 0 aliphatic rings. The highest BCUT2D eigenvalue weighted by Gasteiger charge is 2.20. The van der Waals surface area contributed by atoms with Gasteiger partial charge in [0.15, 0.2) is 10.3 Å². The van der Waals surface area contributed by atoms with Crippen LogP contribution in [0.4, 0.5) is 14.9 Å². The minimum Gasteiger partial charge on any atom is -0.444 e. The first-order chi connectivity index (χ1) is 13.5. The van der Waals surface area contributed by atoms with Gasteiger partial charge in [-0.3, -0.25) is 0 Å². The van der Waals surface area contributed by atoms with Crippen LogP contribution in [0.15, 0.2) is 18.2 Å². The smallest absolute Gasteiger partial charge is 0.407 e. The molecule has 2 aromatic rings. The number of aromatic nitrogens is 2. The summed E-state index contributed by atoms with van der Waals surface area (Å²) in [6.45, 7) is 5.82. The molecule has 0 radical (unpaired) electrons. The Kier molecular flexibility index (Phi) is 8.17. The zero-order valence-corrected chi connectivity index (χ0v) is 18.9. The molecule has 0 fully saturated rings. The second-order valence-corrected chi connectivity index (χ2v) is 8.55. The number of rotatable bonds is 6. The topological polar surface area (TPSA) is 67.3 Å². The highest BCUT2D eigenvalue weighted by molar-refractivity contribution is 6.36. The van der Waals surface area contributed by atoms with E-state index in [9.17, 15) is 9.18 Å². The zero-order valence-electron chi connectivity index (χ0n) is 15.9. The number of halogens is 5. The summed E-state index contributed by atoms with van der Waals surface area (Å²) in [6, 6.07) is 4.10. The average molecular weight is 484 g/mol. The predicted octanol–water partition coefficient (Wildman–Crippen LogP) is 5.76. The number of hydrogen-bond acceptors (Lipinski definition) is 5. The van der Waals surface area contributed by atoms with Crippen molar-refractivity contribution >= 4 is 58.2 Å². The number of benzene rings is 1. The first kappa shape index (κ1) is 23.7. The Morgan fingerprint density at radius 1 is 1.21 bits per heavy atom. The predicted molar refractivity (Wildman–Crippen MR) is 114 cm³/mol. The van der Waals surface area contributed by atoms with Gasteiger partial charge in [-0.15, -0.1) is 10.2 Å². The van der Waals surface area contributed by atoms with Gasteiger partial charge >= 0.3 is 6.09 Å². The number of nitrogens with one attached hydrogen (secondary N) is 1. The van der Waals surface area contributed by atoms with E-state index in [0.29, 0.717) is 11.3 Å². The molecule has 0 aliphatic heterocycles. The Morgan fingerprint density at radius 3 is 2.55 bits per heavy atom. The third-order valence-corrected chi connectivity index (χ3v) is 4.80. The summed E-state index contributed by atoms with van der Waals surface area (Å²) in [5.74, 6) is -0.602. The highest BCUT2D eigenvalue weighted by Crippen LogP contribution is 2.32. The van der Waals surface area contributed by atoms with E-state index < -0.39 is 17.5 Å². The van der Waals surface area contributed by atoms with Crippen LogP contribution in [0.1, 0.15) is 26.3 Å². The van der Waals surface area contributed by atoms with E-state index in [1.165, 1.54) is 18.2 Å². The van der Waals surface area contributed by atoms with Gasteiger partial charge in [0.05, 0.1) is 10.7 Å². The highest BCUT2D eigenvalue weighted by atomic mass is 35.5. The van der Waals surface area contributed by atoms with Gasteiger partial charge in [0.25, 0.3) is 0 Å². The molecule has 0 bridgehead atoms. The average Bonchev–Trinajstić information content (AvgIpc) is 2.61. The Morgan fingerprint density at radius 2 is 1.90 bits per heavy atom. The van der Waals surface area contributed by atoms with E-state index >= 15 is 0 Å². The van der Waals surface area contributed by atoms with Crippen molar-refractivity contribution in [3.8, 4) is 0 Å². The van der Waals surface area contributed by atoms with Gasteiger partial charge in [-0.25, -0.2) is 9.18 Å². The van der Waals surface area contributed by atoms with Crippen LogP contribution in [0.2, 0.25) is 20.4 Å². The Bertz CT molecular complexity index is 893. The van der Waals surface area contributed by atoms with Crippen LogP contribution >= 0.6 is 46.4 Å². The van der Waals surface area contributed by atoms with Crippen molar-refractivity contribution in [1.82, 2.24) is 15.5 Å². The molecule has 1 amide bonds. The quantitative estimate of drug-likeness (QED) is 0.529. The Balaban J connectivity index is 2.24. The minimum atomic E-state index is -0.627. The van der Waals surface area contributed by atoms with Crippen LogP contribution in [0.3, 0.4) is 0 Å². The summed E-state index contributed by atoms with van der Waals surface area (Å²) in [5.41, 5.74) is 0.154. The molecule has 158 valence electrons. The summed E-state index contributed by atoms with van der Waals surface area (Å²) in [4.78, 5) is 13.6. The number of amides is 1. The maximum absolute atomic E-state index is 13.9. The standard InChI is InChI=1S/C18H19Cl4FN4O2/c1-18(2,3)29-17(28)24-6-7-27(13-8-14(20)25-26-16(13)22)9-10-11(19)4-5-12(23)15(10)21/h4-5,8H,6-7,9H2,1-3H3,(H,24,28). The molecule has 1 N–H and O–H groups in total. The van der Waals surface area contributed by atoms with Crippen molar-refractivity contribution < 1.29 is 13.9 Å². The largest absolute Gasteiger partial charge is 0.444 e. The molecule has 0 atom stereocenters. The number of alkyl carbamates (subject to hydrolysis) is 1. The molecule has 29 heavy (non-hydrogen) atoms. The Hall–Kier alpha value is -1.54. The molecule has 1 heterocycles. The molecule has 0 spiro atoms. The van der Waals surface area contributed by atoms with Crippen molar-refractivity contribution in [3.05, 3.63) is 49.9 Å². The van der Waals surface area contributed by atoms with Gasteiger partial charge in [0, 0.05) is 36.3 Å². The third-order valence-electron chi connectivity index (χ3n) is 3.58. The summed E-state index contributed by atoms with van der Waals surface area (Å²) >= 11 is 24.4. The van der Waals surface area contributed by atoms with Crippen LogP contribution in [0, 0.1) is 5.82 Å². The fraction of sp³-hybridized carbons (Fsp3) is 0.389. The van der Waals surface area contributed by atoms with Gasteiger partial charge in [0.2, 0.25) is 0 Å². The molecule has 0 aliphatic carbocycles. The fourth-order valence-corrected chi connectivity index (χ4v) is 3.21. The van der Waals surface area contributed by atoms with E-state index in [4.69, 9.17) is 51.1 Å². The minimum absolute atomic E-state index is 0.0790. The Labute approximate surface area is 188 Å². The molecule has 11 heteroatoms. The molecule has 6 nitrogen and oxygen atoms in total. The van der Waals surface area contributed by atoms with Gasteiger partial charge in [0.1, 0.15) is 11.4 Å². The summed E-state index contributed by atoms with van der Waals surface area (Å²) < 4.78 is 19.1. The van der Waals surface area contributed by atoms with Crippen LogP contribution in [-0.4, -0.2) is 35.0 Å². The molecule has 0 unspecified atom stereocenters. The van der Waals surface area contributed by atoms with Crippen molar-refractivity contribution in [2.45, 2.75) is 32.9 Å². The molecular formula is C18H19Cl4FN4O2. The van der Waals surface area contributed by atoms with Gasteiger partial charge in [-0.2, -0.15) is 0 Å². The lowest BCUT2D eigenvalue weighted by Crippen LogP contribution is -2.38. The lowest BCUT2D eigenvalue weighted by molar-refractivity contribution is 0.0529. The van der Waals surface area contributed by atoms with Crippen LogP contribution in [0.5, 0.6) is 0 Å². The first-order valence-corrected chi connectivity index (χ1v) is 10.0. The molecular weight excluding hydrogens is 465 g/mol. The van der Waals surface area contributed by atoms with Crippen LogP contribution < -0.4 is 10.2 Å². The van der Waals surface area contributed by atoms with Gasteiger partial charge < -0.3 is 15.0 Å². The van der Waals surface area contributed by atoms with E-state index in [2.05, 4.69) is 15.5 Å². The number of nitrogens with zero attached hydrogens (tertiary/aromatic N) is 3. The van der Waals surface area contributed by atoms with Crippen LogP contribution in [-0.2, 0) is 11.3 Å². The third kappa shape index (κ3) is 7.03. The maximum Gasteiger partial charge on any atom is 0.407 e. The lowest BCUT2D eigenvalue weighted by Gasteiger charge is -2.27. The zero-order chi connectivity index (χ0) is 21.8. The number of carbonyl (C=O) groups excluding carboxylic acids is 1. The maximum atomic E-state index is 13.9. The van der Waals surface area contributed by atoms with Crippen molar-refractivity contribution in [3.63, 3.8) is 0 Å². The number of carbonyl (C=O) groups is 1. The summed E-state index contributed by atoms with van der Waals surface area (Å²) in [5, 5.41) is 10.5. The summed E-state index contributed by atoms with van der Waals surface area (Å²) in [7, 11) is 0. The van der Waals surface area contributed by atoms with Crippen molar-refractivity contribution in [1.29, 1.82) is 0 Å². The molecule has 2 rings (SSSR count). The molecule has 0 saturated heterocycles. The van der Waals surface area contributed by atoms with Crippen molar-refractivity contribution in [2.24, 2.45) is 0 Å². The first-order valence-electron chi connectivity index (χ1n) is 8.51. The SMILES string of the molecule is CC(C)(C)OC(=O)NCCN(Cc1c(Cl)ccc(F)c1Cl)c1cc(Cl)nnc1Cl. The lowest BCUT2D eigenvalue weighted by atomic mass is 10.2. The van der Waals surface area contributed by atoms with E-state index in [1.54, 1.807) is 25.7 Å². The molecule has 1 aromatic heterocycles. The normalized spacial score (nSPS) is 11.3. The van der Waals surface area contributed by atoms with Crippen molar-refractivity contribution in [2.75, 3.05) is 18.0 Å². The second-order valence-electron chi connectivity index (χ2n) is 7.02. The van der Waals surface area contributed by atoms with Crippen LogP contribution in [0.25, 0.3) is 0 Å². The molecule has 1 aromatic carbocycles. The monoisotopic (exact) mass is 482 g/mol. The molecule has 0 saturated carbocycles. The number of anilines is 1. The fourth-order valence-electron chi connectivity index (χ4n) is 2.36. The number of hydrogen-bond donors (Lipinski definition) is 1. The van der Waals surface area contributed by atoms with Gasteiger partial charge in [-0.05, 0) is 32.9 Å². The van der Waals surface area contributed by atoms with E-state index in [-0.39, 0.29) is 40.0 Å². The number of ether oxygens (including phenoxy) is 1. The van der Waals surface area contributed by atoms with E-state index in [1.807, 2.05) is 0 Å². The van der Waals surface area contributed by atoms with E-state index in [0.717, 1.165) is 0 Å². The van der Waals surface area contributed by atoms with Gasteiger partial charge in [-0.1, -0.05) is 46.4 Å².